The third-order valence-corrected chi connectivity index (χ3v) is 6.35. The summed E-state index contributed by atoms with van der Waals surface area (Å²) < 4.78 is 10.6. The second-order valence-electron chi connectivity index (χ2n) is 8.52. The summed E-state index contributed by atoms with van der Waals surface area (Å²) in [7, 11) is 1.29. The molecule has 1 aromatic rings. The van der Waals surface area contributed by atoms with E-state index in [1.807, 2.05) is 58.9 Å². The molecular weight excluding hydrogens is 394 g/mol. The summed E-state index contributed by atoms with van der Waals surface area (Å²) >= 11 is 0. The van der Waals surface area contributed by atoms with Crippen LogP contribution in [0.2, 0.25) is 0 Å². The number of Topliss-reactive ketones (excluding diaryl/α,β-unsaturated/α-hetero) is 1. The van der Waals surface area contributed by atoms with Crippen molar-refractivity contribution in [1.82, 2.24) is 5.32 Å². The molecule has 1 aromatic carbocycles. The van der Waals surface area contributed by atoms with E-state index in [4.69, 9.17) is 9.47 Å². The number of rotatable bonds is 5. The molecule has 4 atom stereocenters. The Hall–Kier alpha value is -2.89. The van der Waals surface area contributed by atoms with Crippen LogP contribution in [0.1, 0.15) is 57.6 Å². The zero-order valence-electron chi connectivity index (χ0n) is 19.1. The molecule has 1 N–H and O–H groups in total. The maximum Gasteiger partial charge on any atom is 0.337 e. The minimum Gasteiger partial charge on any atom is -0.468 e. The van der Waals surface area contributed by atoms with Gasteiger partial charge in [0.15, 0.2) is 5.78 Å². The summed E-state index contributed by atoms with van der Waals surface area (Å²) in [6, 6.07) is 7.70. The smallest absolute Gasteiger partial charge is 0.337 e. The van der Waals surface area contributed by atoms with Crippen LogP contribution < -0.4 is 5.32 Å². The first-order valence-corrected chi connectivity index (χ1v) is 10.8. The number of carbonyl (C=O) groups is 3. The van der Waals surface area contributed by atoms with Gasteiger partial charge in [-0.1, -0.05) is 38.1 Å². The molecule has 6 nitrogen and oxygen atoms in total. The second kappa shape index (κ2) is 9.08. The minimum atomic E-state index is -0.887. The van der Waals surface area contributed by atoms with E-state index in [2.05, 4.69) is 5.32 Å². The van der Waals surface area contributed by atoms with Gasteiger partial charge in [0.05, 0.1) is 18.8 Å². The highest BCUT2D eigenvalue weighted by molar-refractivity contribution is 6.12. The van der Waals surface area contributed by atoms with E-state index in [0.29, 0.717) is 29.7 Å². The average Bonchev–Trinajstić information content (AvgIpc) is 2.72. The molecule has 0 saturated carbocycles. The molecule has 3 rings (SSSR count). The van der Waals surface area contributed by atoms with Crippen molar-refractivity contribution in [3.05, 3.63) is 57.9 Å². The standard InChI is InChI=1S/C25H31NO5/c1-7-15(4)31-25(29)20-16(5)26-18-12-14(3)19(24(28)30-6)23(27)22(18)21(20)17-11-9-8-10-13(17)2/h8-11,14-15,19,21,26H,7,12H2,1-6H3/t14-,15+,19-,21-/m1/s1. The largest absolute Gasteiger partial charge is 0.468 e. The molecule has 0 radical (unpaired) electrons. The van der Waals surface area contributed by atoms with Gasteiger partial charge in [-0.25, -0.2) is 4.79 Å². The third-order valence-electron chi connectivity index (χ3n) is 6.35. The Morgan fingerprint density at radius 1 is 1.23 bits per heavy atom. The van der Waals surface area contributed by atoms with Gasteiger partial charge in [-0.3, -0.25) is 9.59 Å². The second-order valence-corrected chi connectivity index (χ2v) is 8.52. The van der Waals surface area contributed by atoms with Gasteiger partial charge in [0.2, 0.25) is 0 Å². The number of methoxy groups -OCH3 is 1. The van der Waals surface area contributed by atoms with Gasteiger partial charge in [0, 0.05) is 22.9 Å². The van der Waals surface area contributed by atoms with Crippen molar-refractivity contribution in [2.24, 2.45) is 11.8 Å². The van der Waals surface area contributed by atoms with Crippen LogP contribution in [0, 0.1) is 18.8 Å². The summed E-state index contributed by atoms with van der Waals surface area (Å²) in [6.45, 7) is 9.46. The molecule has 0 unspecified atom stereocenters. The first-order valence-electron chi connectivity index (χ1n) is 10.8. The molecule has 0 aromatic heterocycles. The van der Waals surface area contributed by atoms with Crippen LogP contribution in [0.5, 0.6) is 0 Å². The van der Waals surface area contributed by atoms with E-state index in [-0.39, 0.29) is 17.8 Å². The first-order chi connectivity index (χ1) is 14.7. The lowest BCUT2D eigenvalue weighted by Gasteiger charge is -2.38. The summed E-state index contributed by atoms with van der Waals surface area (Å²) in [5, 5.41) is 3.28. The fourth-order valence-electron chi connectivity index (χ4n) is 4.50. The summed E-state index contributed by atoms with van der Waals surface area (Å²) in [4.78, 5) is 39.3. The number of ketones is 1. The maximum atomic E-state index is 13.6. The molecule has 166 valence electrons. The lowest BCUT2D eigenvalue weighted by atomic mass is 9.68. The van der Waals surface area contributed by atoms with Gasteiger partial charge in [-0.2, -0.15) is 0 Å². The zero-order chi connectivity index (χ0) is 22.9. The Morgan fingerprint density at radius 2 is 1.90 bits per heavy atom. The van der Waals surface area contributed by atoms with Gasteiger partial charge in [-0.05, 0) is 50.7 Å². The Balaban J connectivity index is 2.18. The van der Waals surface area contributed by atoms with Crippen molar-refractivity contribution >= 4 is 17.7 Å². The maximum absolute atomic E-state index is 13.6. The normalized spacial score (nSPS) is 24.3. The molecule has 1 aliphatic heterocycles. The molecule has 0 fully saturated rings. The molecule has 0 amide bonds. The minimum absolute atomic E-state index is 0.204. The van der Waals surface area contributed by atoms with Crippen LogP contribution in [-0.2, 0) is 23.9 Å². The van der Waals surface area contributed by atoms with E-state index >= 15 is 0 Å². The van der Waals surface area contributed by atoms with Gasteiger partial charge in [0.25, 0.3) is 0 Å². The van der Waals surface area contributed by atoms with Crippen LogP contribution in [0.3, 0.4) is 0 Å². The van der Waals surface area contributed by atoms with E-state index < -0.39 is 23.8 Å². The van der Waals surface area contributed by atoms with Crippen molar-refractivity contribution in [3.8, 4) is 0 Å². The summed E-state index contributed by atoms with van der Waals surface area (Å²) in [5.41, 5.74) is 4.15. The molecule has 2 aliphatic rings. The van der Waals surface area contributed by atoms with Crippen LogP contribution in [0.25, 0.3) is 0 Å². The fraction of sp³-hybridized carbons (Fsp3) is 0.480. The molecular formula is C25H31NO5. The Labute approximate surface area is 183 Å². The van der Waals surface area contributed by atoms with Crippen molar-refractivity contribution < 1.29 is 23.9 Å². The van der Waals surface area contributed by atoms with Crippen molar-refractivity contribution in [2.45, 2.75) is 59.5 Å². The highest BCUT2D eigenvalue weighted by atomic mass is 16.5. The van der Waals surface area contributed by atoms with Crippen LogP contribution in [0.15, 0.2) is 46.8 Å². The monoisotopic (exact) mass is 425 g/mol. The molecule has 1 heterocycles. The predicted octanol–water partition coefficient (Wildman–Crippen LogP) is 3.95. The number of ether oxygens (including phenoxy) is 2. The van der Waals surface area contributed by atoms with Crippen LogP contribution >= 0.6 is 0 Å². The highest BCUT2D eigenvalue weighted by Gasteiger charge is 2.47. The van der Waals surface area contributed by atoms with E-state index in [1.165, 1.54) is 7.11 Å². The fourth-order valence-corrected chi connectivity index (χ4v) is 4.50. The molecule has 0 saturated heterocycles. The number of benzene rings is 1. The van der Waals surface area contributed by atoms with Crippen molar-refractivity contribution in [3.63, 3.8) is 0 Å². The Morgan fingerprint density at radius 3 is 2.52 bits per heavy atom. The first kappa shape index (κ1) is 22.8. The van der Waals surface area contributed by atoms with Crippen LogP contribution in [-0.4, -0.2) is 30.9 Å². The number of nitrogens with one attached hydrogen (secondary N) is 1. The highest BCUT2D eigenvalue weighted by Crippen LogP contribution is 2.46. The van der Waals surface area contributed by atoms with Crippen LogP contribution in [0.4, 0.5) is 0 Å². The van der Waals surface area contributed by atoms with Crippen molar-refractivity contribution in [2.75, 3.05) is 7.11 Å². The molecule has 0 spiro atoms. The van der Waals surface area contributed by atoms with E-state index in [1.54, 1.807) is 0 Å². The predicted molar refractivity (Wildman–Crippen MR) is 117 cm³/mol. The SMILES string of the molecule is CC[C@H](C)OC(=O)C1=C(C)NC2=C(C(=O)[C@H](C(=O)OC)[C@H](C)C2)[C@@H]1c1ccccc1C. The summed E-state index contributed by atoms with van der Waals surface area (Å²) in [5.74, 6) is -2.96. The van der Waals surface area contributed by atoms with Gasteiger partial charge < -0.3 is 14.8 Å². The summed E-state index contributed by atoms with van der Waals surface area (Å²) in [6.07, 6.45) is 0.967. The number of carbonyl (C=O) groups excluding carboxylic acids is 3. The number of dihydropyridines is 1. The Kier molecular flexibility index (Phi) is 6.68. The molecule has 6 heteroatoms. The van der Waals surface area contributed by atoms with Gasteiger partial charge in [-0.15, -0.1) is 0 Å². The molecule has 1 aliphatic carbocycles. The lowest BCUT2D eigenvalue weighted by molar-refractivity contribution is -0.151. The molecule has 31 heavy (non-hydrogen) atoms. The number of hydrogen-bond acceptors (Lipinski definition) is 6. The zero-order valence-corrected chi connectivity index (χ0v) is 19.1. The van der Waals surface area contributed by atoms with Crippen molar-refractivity contribution in [1.29, 1.82) is 0 Å². The number of hydrogen-bond donors (Lipinski definition) is 1. The quantitative estimate of drug-likeness (QED) is 0.568. The topological polar surface area (TPSA) is 81.7 Å². The number of allylic oxidation sites excluding steroid dienone is 3. The molecule has 0 bridgehead atoms. The third kappa shape index (κ3) is 4.16. The van der Waals surface area contributed by atoms with E-state index in [0.717, 1.165) is 16.8 Å². The lowest BCUT2D eigenvalue weighted by Crippen LogP contribution is -2.43. The van der Waals surface area contributed by atoms with Gasteiger partial charge >= 0.3 is 11.9 Å². The number of aryl methyl sites for hydroxylation is 1. The Bertz CT molecular complexity index is 974. The van der Waals surface area contributed by atoms with Gasteiger partial charge in [0.1, 0.15) is 5.92 Å². The number of esters is 2. The average molecular weight is 426 g/mol. The van der Waals surface area contributed by atoms with E-state index in [9.17, 15) is 14.4 Å².